The number of hydrogen-bond acceptors (Lipinski definition) is 3. The van der Waals surface area contributed by atoms with Crippen molar-refractivity contribution in [2.45, 2.75) is 19.8 Å². The fourth-order valence-electron chi connectivity index (χ4n) is 2.43. The van der Waals surface area contributed by atoms with Crippen LogP contribution in [0.25, 0.3) is 11.3 Å². The van der Waals surface area contributed by atoms with E-state index in [0.717, 1.165) is 22.6 Å². The second-order valence-corrected chi connectivity index (χ2v) is 6.34. The summed E-state index contributed by atoms with van der Waals surface area (Å²) in [7, 11) is 0. The Hall–Kier alpha value is -2.26. The molecule has 0 amide bonds. The zero-order chi connectivity index (χ0) is 15.5. The fraction of sp³-hybridized carbons (Fsp3) is 0.158. The predicted molar refractivity (Wildman–Crippen MR) is 91.6 cm³/mol. The number of hydrogen-bond donors (Lipinski definition) is 0. The Kier molecular flexibility index (Phi) is 4.16. The van der Waals surface area contributed by atoms with Crippen LogP contribution in [-0.4, -0.2) is 11.3 Å². The van der Waals surface area contributed by atoms with Gasteiger partial charge in [0.05, 0.1) is 5.69 Å². The molecule has 1 unspecified atom stereocenters. The maximum absolute atomic E-state index is 10.7. The summed E-state index contributed by atoms with van der Waals surface area (Å²) in [5.74, 6) is 0.226. The van der Waals surface area contributed by atoms with Gasteiger partial charge >= 0.3 is 0 Å². The maximum atomic E-state index is 10.7. The molecular weight excluding hydrogens is 290 g/mol. The summed E-state index contributed by atoms with van der Waals surface area (Å²) in [4.78, 5) is 15.5. The number of aryl methyl sites for hydroxylation is 1. The van der Waals surface area contributed by atoms with Gasteiger partial charge in [-0.3, -0.25) is 4.79 Å². The van der Waals surface area contributed by atoms with E-state index in [0.29, 0.717) is 5.56 Å². The summed E-state index contributed by atoms with van der Waals surface area (Å²) in [5.41, 5.74) is 5.31. The lowest BCUT2D eigenvalue weighted by Gasteiger charge is -2.08. The highest BCUT2D eigenvalue weighted by atomic mass is 32.1. The Labute approximate surface area is 134 Å². The first-order chi connectivity index (χ1) is 10.7. The van der Waals surface area contributed by atoms with E-state index in [1.165, 1.54) is 11.1 Å². The van der Waals surface area contributed by atoms with E-state index < -0.39 is 0 Å². The number of rotatable bonds is 4. The molecular formula is C19H17NOS. The van der Waals surface area contributed by atoms with Crippen molar-refractivity contribution in [1.29, 1.82) is 0 Å². The van der Waals surface area contributed by atoms with Crippen LogP contribution in [0.2, 0.25) is 0 Å². The first kappa shape index (κ1) is 14.7. The zero-order valence-corrected chi connectivity index (χ0v) is 13.4. The average Bonchev–Trinajstić information content (AvgIpc) is 3.04. The molecule has 22 heavy (non-hydrogen) atoms. The molecule has 0 bridgehead atoms. The van der Waals surface area contributed by atoms with Crippen molar-refractivity contribution in [3.8, 4) is 11.3 Å². The van der Waals surface area contributed by atoms with E-state index in [1.54, 1.807) is 11.3 Å². The number of benzene rings is 2. The monoisotopic (exact) mass is 307 g/mol. The van der Waals surface area contributed by atoms with Gasteiger partial charge in [0.15, 0.2) is 0 Å². The molecule has 0 aliphatic rings. The molecule has 3 aromatic rings. The number of nitrogens with zero attached hydrogens (tertiary/aromatic N) is 1. The average molecular weight is 307 g/mol. The third-order valence-electron chi connectivity index (χ3n) is 3.78. The van der Waals surface area contributed by atoms with Crippen molar-refractivity contribution in [3.63, 3.8) is 0 Å². The van der Waals surface area contributed by atoms with E-state index in [4.69, 9.17) is 4.98 Å². The third kappa shape index (κ3) is 3.00. The van der Waals surface area contributed by atoms with Crippen molar-refractivity contribution >= 4 is 17.6 Å². The van der Waals surface area contributed by atoms with Crippen LogP contribution in [0.4, 0.5) is 0 Å². The minimum absolute atomic E-state index is 0.226. The molecule has 0 aliphatic heterocycles. The Morgan fingerprint density at radius 1 is 1.14 bits per heavy atom. The van der Waals surface area contributed by atoms with Crippen LogP contribution >= 0.6 is 11.3 Å². The molecule has 1 heterocycles. The van der Waals surface area contributed by atoms with Crippen molar-refractivity contribution in [3.05, 3.63) is 75.6 Å². The summed E-state index contributed by atoms with van der Waals surface area (Å²) in [6, 6.07) is 16.1. The van der Waals surface area contributed by atoms with Gasteiger partial charge in [0.2, 0.25) is 0 Å². The quantitative estimate of drug-likeness (QED) is 0.629. The summed E-state index contributed by atoms with van der Waals surface area (Å²) >= 11 is 1.68. The predicted octanol–water partition coefficient (Wildman–Crippen LogP) is 5.08. The van der Waals surface area contributed by atoms with Gasteiger partial charge in [-0.1, -0.05) is 55.0 Å². The van der Waals surface area contributed by atoms with Crippen molar-refractivity contribution in [1.82, 2.24) is 4.98 Å². The molecule has 110 valence electrons. The van der Waals surface area contributed by atoms with Crippen LogP contribution in [0, 0.1) is 6.92 Å². The molecule has 3 rings (SSSR count). The standard InChI is InChI=1S/C19H17NOS/c1-13-4-3-5-17(10-13)18-12-22-19(20-18)14(2)16-8-6-15(11-21)7-9-16/h3-12,14H,1-2H3. The van der Waals surface area contributed by atoms with Crippen molar-refractivity contribution in [2.75, 3.05) is 0 Å². The van der Waals surface area contributed by atoms with Gasteiger partial charge in [-0.25, -0.2) is 4.98 Å². The van der Waals surface area contributed by atoms with Crippen LogP contribution in [-0.2, 0) is 0 Å². The van der Waals surface area contributed by atoms with Gasteiger partial charge in [0.1, 0.15) is 11.3 Å². The molecule has 0 radical (unpaired) electrons. The van der Waals surface area contributed by atoms with E-state index in [1.807, 2.05) is 24.3 Å². The molecule has 2 nitrogen and oxygen atoms in total. The van der Waals surface area contributed by atoms with Crippen molar-refractivity contribution < 1.29 is 4.79 Å². The molecule has 3 heteroatoms. The molecule has 1 aromatic heterocycles. The molecule has 2 aromatic carbocycles. The topological polar surface area (TPSA) is 30.0 Å². The van der Waals surface area contributed by atoms with Gasteiger partial charge in [-0.2, -0.15) is 0 Å². The molecule has 0 fully saturated rings. The van der Waals surface area contributed by atoms with E-state index in [2.05, 4.69) is 43.5 Å². The SMILES string of the molecule is Cc1cccc(-c2csc(C(C)c3ccc(C=O)cc3)n2)c1. The van der Waals surface area contributed by atoms with Gasteiger partial charge in [-0.15, -0.1) is 11.3 Å². The van der Waals surface area contributed by atoms with E-state index >= 15 is 0 Å². The summed E-state index contributed by atoms with van der Waals surface area (Å²) in [5, 5.41) is 3.20. The normalized spacial score (nSPS) is 12.1. The highest BCUT2D eigenvalue weighted by Gasteiger charge is 2.13. The summed E-state index contributed by atoms with van der Waals surface area (Å²) in [6.45, 7) is 4.24. The molecule has 0 aliphatic carbocycles. The summed E-state index contributed by atoms with van der Waals surface area (Å²) < 4.78 is 0. The lowest BCUT2D eigenvalue weighted by Crippen LogP contribution is -1.96. The maximum Gasteiger partial charge on any atom is 0.150 e. The van der Waals surface area contributed by atoms with Crippen LogP contribution in [0.3, 0.4) is 0 Å². The largest absolute Gasteiger partial charge is 0.298 e. The van der Waals surface area contributed by atoms with Crippen molar-refractivity contribution in [2.24, 2.45) is 0 Å². The van der Waals surface area contributed by atoms with Crippen LogP contribution in [0.5, 0.6) is 0 Å². The Balaban J connectivity index is 1.87. The molecule has 0 saturated heterocycles. The lowest BCUT2D eigenvalue weighted by molar-refractivity contribution is 0.112. The summed E-state index contributed by atoms with van der Waals surface area (Å²) in [6.07, 6.45) is 0.869. The van der Waals surface area contributed by atoms with Gasteiger partial charge in [0.25, 0.3) is 0 Å². The Bertz CT molecular complexity index is 789. The van der Waals surface area contributed by atoms with Crippen LogP contribution < -0.4 is 0 Å². The smallest absolute Gasteiger partial charge is 0.150 e. The number of aldehydes is 1. The Morgan fingerprint density at radius 3 is 2.59 bits per heavy atom. The fourth-order valence-corrected chi connectivity index (χ4v) is 3.34. The molecule has 0 saturated carbocycles. The lowest BCUT2D eigenvalue weighted by atomic mass is 10.0. The second kappa shape index (κ2) is 6.24. The number of thiazole rings is 1. The van der Waals surface area contributed by atoms with E-state index in [9.17, 15) is 4.79 Å². The molecule has 0 N–H and O–H groups in total. The Morgan fingerprint density at radius 2 is 1.91 bits per heavy atom. The second-order valence-electron chi connectivity index (χ2n) is 5.45. The number of carbonyl (C=O) groups is 1. The van der Waals surface area contributed by atoms with Gasteiger partial charge < -0.3 is 0 Å². The zero-order valence-electron chi connectivity index (χ0n) is 12.6. The highest BCUT2D eigenvalue weighted by Crippen LogP contribution is 2.30. The third-order valence-corrected chi connectivity index (χ3v) is 4.81. The number of aromatic nitrogens is 1. The molecule has 0 spiro atoms. The first-order valence-electron chi connectivity index (χ1n) is 7.25. The number of carbonyl (C=O) groups excluding carboxylic acids is 1. The van der Waals surface area contributed by atoms with Gasteiger partial charge in [-0.05, 0) is 18.6 Å². The first-order valence-corrected chi connectivity index (χ1v) is 8.13. The van der Waals surface area contributed by atoms with Gasteiger partial charge in [0, 0.05) is 22.4 Å². The van der Waals surface area contributed by atoms with Crippen LogP contribution in [0.15, 0.2) is 53.9 Å². The minimum Gasteiger partial charge on any atom is -0.298 e. The molecule has 1 atom stereocenters. The van der Waals surface area contributed by atoms with Crippen LogP contribution in [0.1, 0.15) is 39.3 Å². The highest BCUT2D eigenvalue weighted by molar-refractivity contribution is 7.10. The minimum atomic E-state index is 0.226. The van der Waals surface area contributed by atoms with E-state index in [-0.39, 0.29) is 5.92 Å².